The zero-order chi connectivity index (χ0) is 24.8. The molecule has 1 saturated heterocycles. The molecular formula is C26H44N6O3. The summed E-state index contributed by atoms with van der Waals surface area (Å²) in [6, 6.07) is -0.0457. The lowest BCUT2D eigenvalue weighted by Crippen LogP contribution is -2.53. The number of rotatable bonds is 9. The Morgan fingerprint density at radius 2 is 1.60 bits per heavy atom. The van der Waals surface area contributed by atoms with Gasteiger partial charge >= 0.3 is 5.69 Å². The van der Waals surface area contributed by atoms with Crippen molar-refractivity contribution in [2.75, 3.05) is 49.9 Å². The minimum absolute atomic E-state index is 0.0457. The topological polar surface area (TPSA) is 108 Å². The lowest BCUT2D eigenvalue weighted by atomic mass is 9.89. The second kappa shape index (κ2) is 12.2. The standard InChI is InChI=1S/C26H44N6O3/c1-2-3-13-31-24(27)23(25(34)28-26(31)35)32(21-11-7-8-12-21)22(33)19-30-16-14-29(15-17-30)18-20-9-5-4-6-10-20/h20-21H,2-19,27H2,1H3,(H,28,34,35). The van der Waals surface area contributed by atoms with Gasteiger partial charge in [-0.3, -0.25) is 24.0 Å². The van der Waals surface area contributed by atoms with Gasteiger partial charge in [-0.15, -0.1) is 0 Å². The molecule has 196 valence electrons. The molecule has 1 aromatic heterocycles. The smallest absolute Gasteiger partial charge is 0.330 e. The highest BCUT2D eigenvalue weighted by atomic mass is 16.2. The second-order valence-corrected chi connectivity index (χ2v) is 10.8. The number of nitrogens with two attached hydrogens (primary N) is 1. The molecule has 3 N–H and O–H groups in total. The number of aromatic nitrogens is 2. The molecule has 0 bridgehead atoms. The maximum Gasteiger partial charge on any atom is 0.330 e. The molecule has 2 heterocycles. The molecule has 2 aliphatic carbocycles. The van der Waals surface area contributed by atoms with Crippen LogP contribution in [0.1, 0.15) is 77.6 Å². The Kier molecular flexibility index (Phi) is 9.05. The van der Waals surface area contributed by atoms with Crippen LogP contribution in [0.5, 0.6) is 0 Å². The average molecular weight is 489 g/mol. The molecule has 0 aromatic carbocycles. The first kappa shape index (κ1) is 25.9. The zero-order valence-electron chi connectivity index (χ0n) is 21.5. The molecule has 3 aliphatic rings. The summed E-state index contributed by atoms with van der Waals surface area (Å²) in [7, 11) is 0. The number of piperazine rings is 1. The van der Waals surface area contributed by atoms with E-state index in [9.17, 15) is 14.4 Å². The normalized spacial score (nSPS) is 20.9. The summed E-state index contributed by atoms with van der Waals surface area (Å²) in [6.07, 6.45) is 12.3. The molecule has 3 fully saturated rings. The van der Waals surface area contributed by atoms with E-state index in [1.54, 1.807) is 4.90 Å². The monoisotopic (exact) mass is 488 g/mol. The van der Waals surface area contributed by atoms with Gasteiger partial charge in [0.1, 0.15) is 5.82 Å². The predicted molar refractivity (Wildman–Crippen MR) is 140 cm³/mol. The number of hydrogen-bond donors (Lipinski definition) is 2. The maximum atomic E-state index is 13.7. The van der Waals surface area contributed by atoms with Crippen LogP contribution in [0.25, 0.3) is 0 Å². The highest BCUT2D eigenvalue weighted by Crippen LogP contribution is 2.30. The molecule has 0 unspecified atom stereocenters. The van der Waals surface area contributed by atoms with Gasteiger partial charge in [0, 0.05) is 45.3 Å². The summed E-state index contributed by atoms with van der Waals surface area (Å²) >= 11 is 0. The molecule has 4 rings (SSSR count). The van der Waals surface area contributed by atoms with E-state index in [1.165, 1.54) is 43.2 Å². The van der Waals surface area contributed by atoms with Gasteiger partial charge < -0.3 is 15.5 Å². The summed E-state index contributed by atoms with van der Waals surface area (Å²) in [6.45, 7) is 7.62. The highest BCUT2D eigenvalue weighted by Gasteiger charge is 2.34. The van der Waals surface area contributed by atoms with Gasteiger partial charge in [0.15, 0.2) is 5.69 Å². The molecule has 9 nitrogen and oxygen atoms in total. The number of anilines is 2. The molecule has 0 radical (unpaired) electrons. The number of carbonyl (C=O) groups is 1. The number of unbranched alkanes of at least 4 members (excludes halogenated alkanes) is 1. The predicted octanol–water partition coefficient (Wildman–Crippen LogP) is 2.39. The van der Waals surface area contributed by atoms with Gasteiger partial charge in [-0.1, -0.05) is 45.4 Å². The van der Waals surface area contributed by atoms with Crippen LogP contribution < -0.4 is 21.9 Å². The van der Waals surface area contributed by atoms with Crippen molar-refractivity contribution in [1.29, 1.82) is 0 Å². The second-order valence-electron chi connectivity index (χ2n) is 10.8. The largest absolute Gasteiger partial charge is 0.383 e. The van der Waals surface area contributed by atoms with Crippen LogP contribution in [0.4, 0.5) is 11.5 Å². The van der Waals surface area contributed by atoms with Crippen molar-refractivity contribution in [3.63, 3.8) is 0 Å². The van der Waals surface area contributed by atoms with Gasteiger partial charge in [-0.05, 0) is 38.0 Å². The Bertz CT molecular complexity index is 953. The number of hydrogen-bond acceptors (Lipinski definition) is 6. The molecular weight excluding hydrogens is 444 g/mol. The molecule has 9 heteroatoms. The lowest BCUT2D eigenvalue weighted by Gasteiger charge is -2.38. The number of amides is 1. The van der Waals surface area contributed by atoms with E-state index in [0.717, 1.165) is 70.6 Å². The summed E-state index contributed by atoms with van der Waals surface area (Å²) in [5, 5.41) is 0. The van der Waals surface area contributed by atoms with Crippen LogP contribution in [0.15, 0.2) is 9.59 Å². The third kappa shape index (κ3) is 6.36. The van der Waals surface area contributed by atoms with Crippen molar-refractivity contribution >= 4 is 17.4 Å². The van der Waals surface area contributed by atoms with Crippen molar-refractivity contribution < 1.29 is 4.79 Å². The molecule has 0 spiro atoms. The van der Waals surface area contributed by atoms with E-state index in [0.29, 0.717) is 6.54 Å². The molecule has 35 heavy (non-hydrogen) atoms. The molecule has 1 amide bonds. The highest BCUT2D eigenvalue weighted by molar-refractivity contribution is 5.97. The van der Waals surface area contributed by atoms with Gasteiger partial charge in [0.25, 0.3) is 5.56 Å². The maximum absolute atomic E-state index is 13.7. The van der Waals surface area contributed by atoms with Crippen LogP contribution in [-0.2, 0) is 11.3 Å². The van der Waals surface area contributed by atoms with Crippen molar-refractivity contribution in [3.05, 3.63) is 20.8 Å². The summed E-state index contributed by atoms with van der Waals surface area (Å²) in [4.78, 5) is 47.9. The third-order valence-electron chi connectivity index (χ3n) is 8.21. The Morgan fingerprint density at radius 1 is 0.971 bits per heavy atom. The number of H-pyrrole nitrogens is 1. The van der Waals surface area contributed by atoms with E-state index in [1.807, 2.05) is 6.92 Å². The van der Waals surface area contributed by atoms with Crippen molar-refractivity contribution in [2.24, 2.45) is 5.92 Å². The Balaban J connectivity index is 1.46. The molecule has 1 aliphatic heterocycles. The number of carbonyl (C=O) groups excluding carboxylic acids is 1. The minimum atomic E-state index is -0.558. The summed E-state index contributed by atoms with van der Waals surface area (Å²) < 4.78 is 1.42. The first-order chi connectivity index (χ1) is 17.0. The fourth-order valence-electron chi connectivity index (χ4n) is 6.15. The van der Waals surface area contributed by atoms with Crippen molar-refractivity contribution in [2.45, 2.75) is 90.1 Å². The van der Waals surface area contributed by atoms with Gasteiger partial charge in [-0.25, -0.2) is 4.79 Å². The van der Waals surface area contributed by atoms with E-state index in [4.69, 9.17) is 5.73 Å². The molecule has 2 saturated carbocycles. The van der Waals surface area contributed by atoms with E-state index in [-0.39, 0.29) is 30.0 Å². The summed E-state index contributed by atoms with van der Waals surface area (Å²) in [5.74, 6) is 0.855. The Hall–Kier alpha value is -2.13. The van der Waals surface area contributed by atoms with Crippen molar-refractivity contribution in [3.8, 4) is 0 Å². The minimum Gasteiger partial charge on any atom is -0.383 e. The third-order valence-corrected chi connectivity index (χ3v) is 8.21. The average Bonchev–Trinajstić information content (AvgIpc) is 3.38. The van der Waals surface area contributed by atoms with E-state index < -0.39 is 11.2 Å². The van der Waals surface area contributed by atoms with Crippen LogP contribution in [-0.4, -0.2) is 70.6 Å². The molecule has 0 atom stereocenters. The van der Waals surface area contributed by atoms with Gasteiger partial charge in [0.05, 0.1) is 6.54 Å². The lowest BCUT2D eigenvalue weighted by molar-refractivity contribution is -0.120. The summed E-state index contributed by atoms with van der Waals surface area (Å²) in [5.41, 5.74) is 5.50. The first-order valence-corrected chi connectivity index (χ1v) is 13.9. The Morgan fingerprint density at radius 3 is 2.26 bits per heavy atom. The van der Waals surface area contributed by atoms with E-state index >= 15 is 0 Å². The first-order valence-electron chi connectivity index (χ1n) is 13.9. The number of nitrogen functional groups attached to an aromatic ring is 1. The van der Waals surface area contributed by atoms with Crippen LogP contribution in [0, 0.1) is 5.92 Å². The Labute approximate surface area is 208 Å². The van der Waals surface area contributed by atoms with Gasteiger partial charge in [-0.2, -0.15) is 0 Å². The van der Waals surface area contributed by atoms with Gasteiger partial charge in [0.2, 0.25) is 5.91 Å². The van der Waals surface area contributed by atoms with Crippen LogP contribution >= 0.6 is 0 Å². The van der Waals surface area contributed by atoms with Crippen molar-refractivity contribution in [1.82, 2.24) is 19.4 Å². The fraction of sp³-hybridized carbons (Fsp3) is 0.808. The zero-order valence-corrected chi connectivity index (χ0v) is 21.5. The van der Waals surface area contributed by atoms with E-state index in [2.05, 4.69) is 14.8 Å². The quantitative estimate of drug-likeness (QED) is 0.553. The molecule has 1 aromatic rings. The number of nitrogens with one attached hydrogen (secondary N) is 1. The van der Waals surface area contributed by atoms with Crippen LogP contribution in [0.2, 0.25) is 0 Å². The number of nitrogens with zero attached hydrogens (tertiary/aromatic N) is 4. The number of aromatic amines is 1. The van der Waals surface area contributed by atoms with Crippen LogP contribution in [0.3, 0.4) is 0 Å². The fourth-order valence-corrected chi connectivity index (χ4v) is 6.15. The SMILES string of the molecule is CCCCn1c(N)c(N(C(=O)CN2CCN(CC3CCCCC3)CC2)C2CCCC2)c(=O)[nH]c1=O.